The van der Waals surface area contributed by atoms with E-state index in [0.29, 0.717) is 18.0 Å². The van der Waals surface area contributed by atoms with Gasteiger partial charge in [0.1, 0.15) is 0 Å². The molecule has 5 rings (SSSR count). The van der Waals surface area contributed by atoms with Gasteiger partial charge < -0.3 is 5.11 Å². The lowest BCUT2D eigenvalue weighted by Crippen LogP contribution is -2.44. The summed E-state index contributed by atoms with van der Waals surface area (Å²) in [5, 5.41) is 9.72. The largest absolute Gasteiger partial charge is 0.478 e. The molecular weight excluding hydrogens is 396 g/mol. The molecular formula is C24H24N2O3S. The van der Waals surface area contributed by atoms with Gasteiger partial charge in [0.15, 0.2) is 5.17 Å². The van der Waals surface area contributed by atoms with Crippen LogP contribution in [0, 0.1) is 11.8 Å². The van der Waals surface area contributed by atoms with Crippen molar-refractivity contribution in [2.45, 2.75) is 43.4 Å². The Hall–Kier alpha value is -2.60. The van der Waals surface area contributed by atoms with Gasteiger partial charge in [0.25, 0.3) is 0 Å². The Bertz CT molecular complexity index is 989. The van der Waals surface area contributed by atoms with Crippen LogP contribution < -0.4 is 0 Å². The Labute approximate surface area is 180 Å². The number of carboxylic acid groups (broad SMARTS) is 1. The summed E-state index contributed by atoms with van der Waals surface area (Å²) in [4.78, 5) is 31.4. The van der Waals surface area contributed by atoms with E-state index in [1.54, 1.807) is 36.0 Å². The van der Waals surface area contributed by atoms with Crippen molar-refractivity contribution in [2.24, 2.45) is 16.8 Å². The Kier molecular flexibility index (Phi) is 5.11. The normalized spacial score (nSPS) is 29.1. The first-order valence-corrected chi connectivity index (χ1v) is 11.4. The number of benzene rings is 2. The second kappa shape index (κ2) is 7.91. The van der Waals surface area contributed by atoms with Crippen LogP contribution in [0.15, 0.2) is 59.6 Å². The van der Waals surface area contributed by atoms with Gasteiger partial charge in [-0.3, -0.25) is 9.69 Å². The Morgan fingerprint density at radius 3 is 2.47 bits per heavy atom. The monoisotopic (exact) mass is 420 g/mol. The fourth-order valence-electron chi connectivity index (χ4n) is 5.14. The minimum Gasteiger partial charge on any atom is -0.478 e. The predicted octanol–water partition coefficient (Wildman–Crippen LogP) is 4.75. The summed E-state index contributed by atoms with van der Waals surface area (Å²) in [6, 6.07) is 16.9. The molecule has 2 aliphatic carbocycles. The first-order valence-electron chi connectivity index (χ1n) is 10.5. The molecule has 1 aliphatic heterocycles. The van der Waals surface area contributed by atoms with E-state index in [4.69, 9.17) is 10.1 Å². The summed E-state index contributed by atoms with van der Waals surface area (Å²) >= 11 is 1.55. The zero-order valence-corrected chi connectivity index (χ0v) is 17.4. The molecule has 4 atom stereocenters. The Morgan fingerprint density at radius 2 is 1.83 bits per heavy atom. The number of hydrogen-bond donors (Lipinski definition) is 1. The maximum Gasteiger partial charge on any atom is 0.335 e. The molecule has 30 heavy (non-hydrogen) atoms. The number of aromatic carboxylic acids is 1. The molecule has 1 heterocycles. The van der Waals surface area contributed by atoms with Gasteiger partial charge in [0, 0.05) is 6.04 Å². The van der Waals surface area contributed by atoms with E-state index in [1.165, 1.54) is 19.3 Å². The van der Waals surface area contributed by atoms with E-state index in [9.17, 15) is 9.59 Å². The number of rotatable bonds is 5. The third-order valence-corrected chi connectivity index (χ3v) is 7.75. The lowest BCUT2D eigenvalue weighted by atomic mass is 9.94. The molecule has 1 amide bonds. The highest BCUT2D eigenvalue weighted by Crippen LogP contribution is 2.49. The van der Waals surface area contributed by atoms with Crippen LogP contribution in [0.2, 0.25) is 0 Å². The van der Waals surface area contributed by atoms with Crippen LogP contribution in [-0.4, -0.2) is 38.3 Å². The molecule has 1 saturated heterocycles. The molecule has 5 nitrogen and oxygen atoms in total. The lowest BCUT2D eigenvalue weighted by molar-refractivity contribution is -0.128. The number of carbonyl (C=O) groups is 2. The topological polar surface area (TPSA) is 70.0 Å². The number of carboxylic acids is 1. The Balaban J connectivity index is 1.44. The highest BCUT2D eigenvalue weighted by atomic mass is 32.2. The van der Waals surface area contributed by atoms with Crippen LogP contribution in [0.1, 0.15) is 41.6 Å². The summed E-state index contributed by atoms with van der Waals surface area (Å²) in [6.07, 6.45) is 5.48. The molecule has 2 saturated carbocycles. The van der Waals surface area contributed by atoms with Gasteiger partial charge in [-0.2, -0.15) is 0 Å². The number of carbonyl (C=O) groups excluding carboxylic acids is 1. The number of amides is 1. The maximum absolute atomic E-state index is 13.5. The first-order chi connectivity index (χ1) is 14.6. The molecule has 6 heteroatoms. The quantitative estimate of drug-likeness (QED) is 0.758. The zero-order chi connectivity index (χ0) is 20.7. The summed E-state index contributed by atoms with van der Waals surface area (Å²) in [5.41, 5.74) is 2.08. The summed E-state index contributed by atoms with van der Waals surface area (Å²) in [7, 11) is 0. The molecule has 1 N–H and O–H groups in total. The number of thioether (sulfide) groups is 1. The molecule has 3 aliphatic rings. The number of fused-ring (bicyclic) bond motifs is 2. The number of aliphatic imine (C=N–C) groups is 1. The van der Waals surface area contributed by atoms with Crippen LogP contribution in [-0.2, 0) is 11.2 Å². The fourth-order valence-corrected chi connectivity index (χ4v) is 6.38. The molecule has 2 aromatic carbocycles. The van der Waals surface area contributed by atoms with Crippen LogP contribution in [0.25, 0.3) is 0 Å². The number of nitrogens with zero attached hydrogens (tertiary/aromatic N) is 2. The number of amidine groups is 1. The van der Waals surface area contributed by atoms with Gasteiger partial charge in [-0.05, 0) is 67.3 Å². The van der Waals surface area contributed by atoms with Crippen molar-refractivity contribution in [2.75, 3.05) is 0 Å². The van der Waals surface area contributed by atoms with Crippen molar-refractivity contribution < 1.29 is 14.7 Å². The molecule has 0 aromatic heterocycles. The van der Waals surface area contributed by atoms with Crippen molar-refractivity contribution in [3.8, 4) is 0 Å². The van der Waals surface area contributed by atoms with Gasteiger partial charge in [-0.15, -0.1) is 0 Å². The van der Waals surface area contributed by atoms with Crippen molar-refractivity contribution in [1.82, 2.24) is 4.90 Å². The maximum atomic E-state index is 13.5. The smallest absolute Gasteiger partial charge is 0.335 e. The lowest BCUT2D eigenvalue weighted by Gasteiger charge is -2.31. The predicted molar refractivity (Wildman–Crippen MR) is 118 cm³/mol. The van der Waals surface area contributed by atoms with Crippen molar-refractivity contribution in [3.05, 3.63) is 65.7 Å². The Morgan fingerprint density at radius 1 is 1.07 bits per heavy atom. The number of hydrogen-bond acceptors (Lipinski definition) is 4. The van der Waals surface area contributed by atoms with Crippen molar-refractivity contribution >= 4 is 34.5 Å². The van der Waals surface area contributed by atoms with Gasteiger partial charge in [-0.1, -0.05) is 48.5 Å². The average molecular weight is 421 g/mol. The van der Waals surface area contributed by atoms with Gasteiger partial charge in [0.05, 0.1) is 16.5 Å². The van der Waals surface area contributed by atoms with E-state index in [1.807, 2.05) is 23.1 Å². The van der Waals surface area contributed by atoms with Crippen LogP contribution in [0.3, 0.4) is 0 Å². The summed E-state index contributed by atoms with van der Waals surface area (Å²) < 4.78 is 0. The van der Waals surface area contributed by atoms with E-state index < -0.39 is 5.97 Å². The zero-order valence-electron chi connectivity index (χ0n) is 16.6. The van der Waals surface area contributed by atoms with Crippen LogP contribution in [0.5, 0.6) is 0 Å². The fraction of sp³-hybridized carbons (Fsp3) is 0.375. The SMILES string of the molecule is O=C(O)c1ccc(N=C2S[C@@H](Cc3ccccc3)C(=O)N2[C@H]2C[C@@H]3CC[C@@H]2C3)cc1. The van der Waals surface area contributed by atoms with Crippen LogP contribution >= 0.6 is 11.8 Å². The molecule has 0 spiro atoms. The second-order valence-electron chi connectivity index (χ2n) is 8.49. The van der Waals surface area contributed by atoms with Gasteiger partial charge in [0.2, 0.25) is 5.91 Å². The first kappa shape index (κ1) is 19.4. The summed E-state index contributed by atoms with van der Waals surface area (Å²) in [6.45, 7) is 0. The third kappa shape index (κ3) is 3.65. The highest BCUT2D eigenvalue weighted by Gasteiger charge is 2.49. The highest BCUT2D eigenvalue weighted by molar-refractivity contribution is 8.15. The third-order valence-electron chi connectivity index (χ3n) is 6.60. The van der Waals surface area contributed by atoms with E-state index in [-0.39, 0.29) is 22.8 Å². The van der Waals surface area contributed by atoms with Gasteiger partial charge in [-0.25, -0.2) is 9.79 Å². The molecule has 0 radical (unpaired) electrons. The standard InChI is InChI=1S/C24H24N2O3S/c27-22-21(14-15-4-2-1-3-5-15)30-24(25-19-10-8-17(9-11-19)23(28)29)26(22)20-13-16-6-7-18(20)12-16/h1-5,8-11,16,18,20-21H,6-7,12-14H2,(H,28,29)/t16-,18-,20+,21+/m1/s1. The molecule has 154 valence electrons. The van der Waals surface area contributed by atoms with E-state index in [0.717, 1.165) is 23.1 Å². The van der Waals surface area contributed by atoms with Crippen LogP contribution in [0.4, 0.5) is 5.69 Å². The molecule has 3 fully saturated rings. The molecule has 2 bridgehead atoms. The minimum absolute atomic E-state index is 0.163. The van der Waals surface area contributed by atoms with E-state index >= 15 is 0 Å². The van der Waals surface area contributed by atoms with Crippen molar-refractivity contribution in [3.63, 3.8) is 0 Å². The molecule has 2 aromatic rings. The van der Waals surface area contributed by atoms with Gasteiger partial charge >= 0.3 is 5.97 Å². The summed E-state index contributed by atoms with van der Waals surface area (Å²) in [5.74, 6) is 0.533. The second-order valence-corrected chi connectivity index (χ2v) is 9.66. The molecule has 0 unspecified atom stereocenters. The van der Waals surface area contributed by atoms with Crippen molar-refractivity contribution in [1.29, 1.82) is 0 Å². The minimum atomic E-state index is -0.953. The van der Waals surface area contributed by atoms with E-state index in [2.05, 4.69) is 12.1 Å². The average Bonchev–Trinajstić information content (AvgIpc) is 3.45.